The Labute approximate surface area is 167 Å². The Morgan fingerprint density at radius 2 is 2.11 bits per heavy atom. The zero-order valence-corrected chi connectivity index (χ0v) is 16.7. The second kappa shape index (κ2) is 7.16. The fraction of sp³-hybridized carbons (Fsp3) is 0.333. The summed E-state index contributed by atoms with van der Waals surface area (Å²) in [4.78, 5) is 10.8. The van der Waals surface area contributed by atoms with E-state index < -0.39 is 6.29 Å². The van der Waals surface area contributed by atoms with Gasteiger partial charge in [-0.05, 0) is 31.1 Å². The van der Waals surface area contributed by atoms with Crippen LogP contribution >= 0.6 is 11.3 Å². The largest absolute Gasteiger partial charge is 0.687 e. The van der Waals surface area contributed by atoms with Crippen LogP contribution in [0.3, 0.4) is 0 Å². The number of pyridine rings is 1. The molecule has 0 amide bonds. The molecule has 0 saturated carbocycles. The zero-order valence-electron chi connectivity index (χ0n) is 15.9. The molecule has 2 aliphatic heterocycles. The van der Waals surface area contributed by atoms with Gasteiger partial charge in [0.2, 0.25) is 6.29 Å². The lowest BCUT2D eigenvalue weighted by Gasteiger charge is -2.23. The molecular formula is C21H21N4O2S-. The van der Waals surface area contributed by atoms with E-state index in [2.05, 4.69) is 28.1 Å². The van der Waals surface area contributed by atoms with Crippen LogP contribution in [-0.4, -0.2) is 34.3 Å². The average molecular weight is 393 g/mol. The summed E-state index contributed by atoms with van der Waals surface area (Å²) in [5.41, 5.74) is 4.99. The van der Waals surface area contributed by atoms with Crippen LogP contribution < -0.4 is 0 Å². The van der Waals surface area contributed by atoms with E-state index in [1.54, 1.807) is 11.3 Å². The number of nitrogens with zero attached hydrogens (tertiary/aromatic N) is 4. The van der Waals surface area contributed by atoms with Gasteiger partial charge < -0.3 is 19.4 Å². The number of aromatic nitrogens is 3. The molecule has 2 aliphatic rings. The molecule has 5 heterocycles. The standard InChI is InChI=1S/C21H21N4O2S/c1-13-19(28-20(23-13)14-5-3-7-22-12-14)16-11-17-15(6-8-25(17)2)18(24-16)21-26-9-4-10-27-21/h3,5-8,11,21H,4,9-10,12H2,1-2H3/q-1. The monoisotopic (exact) mass is 393 g/mol. The molecule has 3 aromatic rings. The van der Waals surface area contributed by atoms with Gasteiger partial charge in [-0.2, -0.15) is 6.20 Å². The molecule has 0 atom stereocenters. The SMILES string of the molecule is Cc1nc(C2=CC=C[N-]C2)sc1-c1cc2c(ccn2C)c(C2OCCCO2)n1. The van der Waals surface area contributed by atoms with Crippen molar-refractivity contribution in [3.8, 4) is 10.6 Å². The molecule has 6 nitrogen and oxygen atoms in total. The first kappa shape index (κ1) is 17.6. The molecule has 144 valence electrons. The molecule has 0 aliphatic carbocycles. The normalized spacial score (nSPS) is 17.7. The van der Waals surface area contributed by atoms with Crippen molar-refractivity contribution in [2.24, 2.45) is 7.05 Å². The number of rotatable bonds is 3. The van der Waals surface area contributed by atoms with Crippen LogP contribution in [0.1, 0.15) is 29.1 Å². The number of ether oxygens (including phenoxy) is 2. The molecule has 7 heteroatoms. The summed E-state index contributed by atoms with van der Waals surface area (Å²) >= 11 is 1.66. The Balaban J connectivity index is 1.63. The van der Waals surface area contributed by atoms with Crippen LogP contribution in [0.25, 0.3) is 32.4 Å². The van der Waals surface area contributed by atoms with Gasteiger partial charge in [0, 0.05) is 18.6 Å². The van der Waals surface area contributed by atoms with Gasteiger partial charge in [0.15, 0.2) is 0 Å². The summed E-state index contributed by atoms with van der Waals surface area (Å²) < 4.78 is 13.8. The Hall–Kier alpha value is -2.48. The summed E-state index contributed by atoms with van der Waals surface area (Å²) in [7, 11) is 2.05. The topological polar surface area (TPSA) is 63.3 Å². The highest BCUT2D eigenvalue weighted by Crippen LogP contribution is 2.37. The minimum Gasteiger partial charge on any atom is -0.687 e. The summed E-state index contributed by atoms with van der Waals surface area (Å²) in [6.45, 7) is 4.09. The number of fused-ring (bicyclic) bond motifs is 1. The van der Waals surface area contributed by atoms with Crippen LogP contribution in [0, 0.1) is 6.92 Å². The maximum atomic E-state index is 5.87. The van der Waals surface area contributed by atoms with Crippen molar-refractivity contribution < 1.29 is 9.47 Å². The molecule has 0 bridgehead atoms. The van der Waals surface area contributed by atoms with E-state index in [1.165, 1.54) is 0 Å². The molecule has 0 aromatic carbocycles. The Kier molecular flexibility index (Phi) is 4.50. The fourth-order valence-corrected chi connectivity index (χ4v) is 4.61. The van der Waals surface area contributed by atoms with Crippen molar-refractivity contribution in [2.75, 3.05) is 19.8 Å². The van der Waals surface area contributed by atoms with E-state index in [4.69, 9.17) is 19.4 Å². The lowest BCUT2D eigenvalue weighted by atomic mass is 10.1. The molecule has 0 spiro atoms. The minimum absolute atomic E-state index is 0.420. The van der Waals surface area contributed by atoms with Gasteiger partial charge in [0.1, 0.15) is 10.7 Å². The quantitative estimate of drug-likeness (QED) is 0.646. The molecular weight excluding hydrogens is 372 g/mol. The Morgan fingerprint density at radius 3 is 2.89 bits per heavy atom. The predicted octanol–water partition coefficient (Wildman–Crippen LogP) is 4.73. The van der Waals surface area contributed by atoms with Crippen molar-refractivity contribution in [3.63, 3.8) is 0 Å². The smallest absolute Gasteiger partial charge is 0.201 e. The highest BCUT2D eigenvalue weighted by atomic mass is 32.1. The van der Waals surface area contributed by atoms with Crippen molar-refractivity contribution in [1.82, 2.24) is 14.5 Å². The third-order valence-electron chi connectivity index (χ3n) is 5.02. The zero-order chi connectivity index (χ0) is 19.1. The first-order chi connectivity index (χ1) is 13.7. The molecule has 3 aromatic heterocycles. The Bertz CT molecular complexity index is 1090. The maximum absolute atomic E-state index is 5.87. The maximum Gasteiger partial charge on any atom is 0.201 e. The summed E-state index contributed by atoms with van der Waals surface area (Å²) in [5.74, 6) is 0. The van der Waals surface area contributed by atoms with Gasteiger partial charge in [-0.25, -0.2) is 9.97 Å². The minimum atomic E-state index is -0.420. The summed E-state index contributed by atoms with van der Waals surface area (Å²) in [5, 5.41) is 6.40. The molecule has 0 unspecified atom stereocenters. The molecule has 1 saturated heterocycles. The molecule has 1 fully saturated rings. The van der Waals surface area contributed by atoms with E-state index in [1.807, 2.05) is 32.4 Å². The van der Waals surface area contributed by atoms with Gasteiger partial charge >= 0.3 is 0 Å². The van der Waals surface area contributed by atoms with Crippen LogP contribution in [0.5, 0.6) is 0 Å². The van der Waals surface area contributed by atoms with Gasteiger partial charge in [-0.3, -0.25) is 0 Å². The van der Waals surface area contributed by atoms with Crippen molar-refractivity contribution >= 4 is 27.8 Å². The third-order valence-corrected chi connectivity index (χ3v) is 6.27. The third kappa shape index (κ3) is 3.05. The lowest BCUT2D eigenvalue weighted by molar-refractivity contribution is -0.184. The van der Waals surface area contributed by atoms with E-state index >= 15 is 0 Å². The van der Waals surface area contributed by atoms with Gasteiger partial charge in [0.25, 0.3) is 0 Å². The van der Waals surface area contributed by atoms with Crippen LogP contribution in [0.15, 0.2) is 36.7 Å². The number of hydrogen-bond donors (Lipinski definition) is 0. The second-order valence-corrected chi connectivity index (χ2v) is 7.99. The van der Waals surface area contributed by atoms with Crippen molar-refractivity contribution in [1.29, 1.82) is 0 Å². The highest BCUT2D eigenvalue weighted by Gasteiger charge is 2.24. The molecule has 28 heavy (non-hydrogen) atoms. The molecule has 0 N–H and O–H groups in total. The first-order valence-electron chi connectivity index (χ1n) is 9.40. The number of thiazole rings is 1. The van der Waals surface area contributed by atoms with Gasteiger partial charge in [-0.1, -0.05) is 12.2 Å². The molecule has 0 radical (unpaired) electrons. The molecule has 5 rings (SSSR count). The highest BCUT2D eigenvalue weighted by molar-refractivity contribution is 7.16. The second-order valence-electron chi connectivity index (χ2n) is 6.99. The predicted molar refractivity (Wildman–Crippen MR) is 111 cm³/mol. The van der Waals surface area contributed by atoms with Crippen molar-refractivity contribution in [3.05, 3.63) is 58.4 Å². The fourth-order valence-electron chi connectivity index (χ4n) is 3.57. The number of aryl methyl sites for hydroxylation is 2. The van der Waals surface area contributed by atoms with Crippen molar-refractivity contribution in [2.45, 2.75) is 19.6 Å². The summed E-state index contributed by atoms with van der Waals surface area (Å²) in [6.07, 6.45) is 8.41. The van der Waals surface area contributed by atoms with Crippen LogP contribution in [0.4, 0.5) is 0 Å². The van der Waals surface area contributed by atoms with Crippen LogP contribution in [0.2, 0.25) is 0 Å². The van der Waals surface area contributed by atoms with E-state index in [0.717, 1.165) is 49.9 Å². The van der Waals surface area contributed by atoms with Gasteiger partial charge in [-0.15, -0.1) is 17.9 Å². The van der Waals surface area contributed by atoms with E-state index in [0.29, 0.717) is 19.8 Å². The lowest BCUT2D eigenvalue weighted by Crippen LogP contribution is -2.19. The van der Waals surface area contributed by atoms with E-state index in [9.17, 15) is 0 Å². The number of allylic oxidation sites excluding steroid dienone is 2. The summed E-state index contributed by atoms with van der Waals surface area (Å²) in [6, 6.07) is 4.21. The number of hydrogen-bond acceptors (Lipinski definition) is 5. The Morgan fingerprint density at radius 1 is 1.25 bits per heavy atom. The first-order valence-corrected chi connectivity index (χ1v) is 10.2. The van der Waals surface area contributed by atoms with E-state index in [-0.39, 0.29) is 0 Å². The average Bonchev–Trinajstić information content (AvgIpc) is 3.32. The van der Waals surface area contributed by atoms with Crippen LogP contribution in [-0.2, 0) is 16.5 Å². The van der Waals surface area contributed by atoms with Gasteiger partial charge in [0.05, 0.1) is 35.0 Å².